The molecule has 1 heterocycles. The third-order valence-corrected chi connectivity index (χ3v) is 4.40. The molecule has 0 saturated heterocycles. The zero-order valence-corrected chi connectivity index (χ0v) is 15.4. The highest BCUT2D eigenvalue weighted by Crippen LogP contribution is 2.24. The van der Waals surface area contributed by atoms with Crippen molar-refractivity contribution in [2.75, 3.05) is 7.11 Å². The minimum absolute atomic E-state index is 0.0115. The predicted molar refractivity (Wildman–Crippen MR) is 101 cm³/mol. The fourth-order valence-corrected chi connectivity index (χ4v) is 2.84. The quantitative estimate of drug-likeness (QED) is 0.370. The van der Waals surface area contributed by atoms with E-state index in [9.17, 15) is 19.7 Å². The van der Waals surface area contributed by atoms with Crippen LogP contribution < -0.4 is 5.32 Å². The number of nitro groups is 1. The summed E-state index contributed by atoms with van der Waals surface area (Å²) in [6.45, 7) is 0. The van der Waals surface area contributed by atoms with Crippen LogP contribution in [0.3, 0.4) is 0 Å². The lowest BCUT2D eigenvalue weighted by atomic mass is 10.0. The minimum Gasteiger partial charge on any atom is -0.469 e. The SMILES string of the molecule is COC(=O)CC(NC(=O)c1n[nH]c2ccc([N+](=O)[O-])cc12)c1ccc(Cl)cc1. The molecule has 10 heteroatoms. The first-order valence-corrected chi connectivity index (χ1v) is 8.52. The molecule has 1 unspecified atom stereocenters. The number of non-ortho nitro benzene ring substituents is 1. The predicted octanol–water partition coefficient (Wildman–Crippen LogP) is 3.16. The van der Waals surface area contributed by atoms with Crippen LogP contribution in [0, 0.1) is 10.1 Å². The lowest BCUT2D eigenvalue weighted by Gasteiger charge is -2.18. The van der Waals surface area contributed by atoms with Gasteiger partial charge in [-0.3, -0.25) is 24.8 Å². The topological polar surface area (TPSA) is 127 Å². The molecule has 0 aliphatic carbocycles. The second-order valence-corrected chi connectivity index (χ2v) is 6.35. The maximum atomic E-state index is 12.8. The number of benzene rings is 2. The Bertz CT molecular complexity index is 1050. The van der Waals surface area contributed by atoms with E-state index in [1.807, 2.05) is 0 Å². The van der Waals surface area contributed by atoms with Crippen molar-refractivity contribution in [1.29, 1.82) is 0 Å². The summed E-state index contributed by atoms with van der Waals surface area (Å²) in [5, 5.41) is 21.2. The van der Waals surface area contributed by atoms with E-state index in [4.69, 9.17) is 16.3 Å². The number of aromatic amines is 1. The molecule has 2 N–H and O–H groups in total. The molecule has 9 nitrogen and oxygen atoms in total. The molecule has 0 aliphatic heterocycles. The Morgan fingerprint density at radius 1 is 1.29 bits per heavy atom. The number of H-pyrrole nitrogens is 1. The van der Waals surface area contributed by atoms with Crippen molar-refractivity contribution in [3.05, 3.63) is 68.9 Å². The number of methoxy groups -OCH3 is 1. The summed E-state index contributed by atoms with van der Waals surface area (Å²) in [4.78, 5) is 35.0. The number of esters is 1. The normalized spacial score (nSPS) is 11.8. The van der Waals surface area contributed by atoms with Crippen molar-refractivity contribution in [2.24, 2.45) is 0 Å². The molecule has 0 fully saturated rings. The Hall–Kier alpha value is -3.46. The Morgan fingerprint density at radius 3 is 2.64 bits per heavy atom. The van der Waals surface area contributed by atoms with E-state index in [1.165, 1.54) is 25.3 Å². The summed E-state index contributed by atoms with van der Waals surface area (Å²) < 4.78 is 4.70. The van der Waals surface area contributed by atoms with Gasteiger partial charge in [-0.05, 0) is 23.8 Å². The monoisotopic (exact) mass is 402 g/mol. The molecule has 3 rings (SSSR count). The van der Waals surface area contributed by atoms with Gasteiger partial charge in [0.25, 0.3) is 11.6 Å². The third kappa shape index (κ3) is 4.09. The highest BCUT2D eigenvalue weighted by atomic mass is 35.5. The van der Waals surface area contributed by atoms with Gasteiger partial charge in [0.1, 0.15) is 0 Å². The van der Waals surface area contributed by atoms with Crippen LogP contribution in [0.25, 0.3) is 10.9 Å². The zero-order valence-electron chi connectivity index (χ0n) is 14.6. The van der Waals surface area contributed by atoms with Crippen LogP contribution in [0.4, 0.5) is 5.69 Å². The molecule has 28 heavy (non-hydrogen) atoms. The maximum absolute atomic E-state index is 12.8. The average molecular weight is 403 g/mol. The second kappa shape index (κ2) is 8.05. The van der Waals surface area contributed by atoms with Gasteiger partial charge in [-0.2, -0.15) is 5.10 Å². The molecular formula is C18H15ClN4O5. The minimum atomic E-state index is -0.692. The molecule has 0 bridgehead atoms. The van der Waals surface area contributed by atoms with Crippen LogP contribution in [-0.2, 0) is 9.53 Å². The number of hydrogen-bond donors (Lipinski definition) is 2. The summed E-state index contributed by atoms with van der Waals surface area (Å²) in [5.41, 5.74) is 0.954. The molecule has 2 aromatic carbocycles. The van der Waals surface area contributed by atoms with Crippen molar-refractivity contribution >= 4 is 40.1 Å². The number of nitrogens with zero attached hydrogens (tertiary/aromatic N) is 2. The number of carbonyl (C=O) groups excluding carboxylic acids is 2. The Kier molecular flexibility index (Phi) is 5.55. The Labute approximate surface area is 163 Å². The number of hydrogen-bond acceptors (Lipinski definition) is 6. The zero-order chi connectivity index (χ0) is 20.3. The van der Waals surface area contributed by atoms with E-state index in [0.29, 0.717) is 21.5 Å². The number of aromatic nitrogens is 2. The molecule has 0 spiro atoms. The first kappa shape index (κ1) is 19.3. The highest BCUT2D eigenvalue weighted by Gasteiger charge is 2.23. The van der Waals surface area contributed by atoms with Gasteiger partial charge >= 0.3 is 5.97 Å². The maximum Gasteiger partial charge on any atom is 0.307 e. The molecule has 1 amide bonds. The standard InChI is InChI=1S/C18H15ClN4O5/c1-28-16(24)9-15(10-2-4-11(19)5-3-10)20-18(25)17-13-8-12(23(26)27)6-7-14(13)21-22-17/h2-8,15H,9H2,1H3,(H,20,25)(H,21,22). The molecule has 1 aromatic heterocycles. The smallest absolute Gasteiger partial charge is 0.307 e. The lowest BCUT2D eigenvalue weighted by Crippen LogP contribution is -2.30. The summed E-state index contributed by atoms with van der Waals surface area (Å²) in [6, 6.07) is 10.0. The highest BCUT2D eigenvalue weighted by molar-refractivity contribution is 6.30. The average Bonchev–Trinajstić information content (AvgIpc) is 3.11. The number of nitro benzene ring substituents is 1. The summed E-state index contributed by atoms with van der Waals surface area (Å²) in [7, 11) is 1.25. The van der Waals surface area contributed by atoms with Crippen molar-refractivity contribution in [3.8, 4) is 0 Å². The first-order chi connectivity index (χ1) is 13.4. The van der Waals surface area contributed by atoms with Crippen molar-refractivity contribution in [2.45, 2.75) is 12.5 Å². The Morgan fingerprint density at radius 2 is 2.00 bits per heavy atom. The molecule has 3 aromatic rings. The van der Waals surface area contributed by atoms with Crippen molar-refractivity contribution in [3.63, 3.8) is 0 Å². The fourth-order valence-electron chi connectivity index (χ4n) is 2.71. The van der Waals surface area contributed by atoms with Gasteiger partial charge in [-0.25, -0.2) is 0 Å². The molecule has 0 saturated carbocycles. The summed E-state index contributed by atoms with van der Waals surface area (Å²) in [5.74, 6) is -1.10. The van der Waals surface area contributed by atoms with Crippen molar-refractivity contribution in [1.82, 2.24) is 15.5 Å². The van der Waals surface area contributed by atoms with Gasteiger partial charge in [-0.15, -0.1) is 0 Å². The number of halogens is 1. The Balaban J connectivity index is 1.92. The number of fused-ring (bicyclic) bond motifs is 1. The summed E-state index contributed by atoms with van der Waals surface area (Å²) >= 11 is 5.89. The summed E-state index contributed by atoms with van der Waals surface area (Å²) in [6.07, 6.45) is -0.105. The molecule has 1 atom stereocenters. The van der Waals surface area contributed by atoms with Crippen LogP contribution in [-0.4, -0.2) is 34.1 Å². The van der Waals surface area contributed by atoms with Gasteiger partial charge < -0.3 is 10.1 Å². The molecular weight excluding hydrogens is 388 g/mol. The number of nitrogens with one attached hydrogen (secondary N) is 2. The van der Waals surface area contributed by atoms with E-state index in [1.54, 1.807) is 24.3 Å². The number of amides is 1. The van der Waals surface area contributed by atoms with E-state index in [0.717, 1.165) is 0 Å². The van der Waals surface area contributed by atoms with Gasteiger partial charge in [0.2, 0.25) is 0 Å². The fraction of sp³-hybridized carbons (Fsp3) is 0.167. The van der Waals surface area contributed by atoms with Crippen LogP contribution in [0.15, 0.2) is 42.5 Å². The molecule has 0 aliphatic rings. The lowest BCUT2D eigenvalue weighted by molar-refractivity contribution is -0.384. The molecule has 144 valence electrons. The van der Waals surface area contributed by atoms with E-state index in [-0.39, 0.29) is 17.8 Å². The van der Waals surface area contributed by atoms with Crippen LogP contribution >= 0.6 is 11.6 Å². The van der Waals surface area contributed by atoms with Crippen molar-refractivity contribution < 1.29 is 19.2 Å². The van der Waals surface area contributed by atoms with Gasteiger partial charge in [0.05, 0.1) is 30.0 Å². The van der Waals surface area contributed by atoms with Gasteiger partial charge in [0.15, 0.2) is 5.69 Å². The first-order valence-electron chi connectivity index (χ1n) is 8.14. The van der Waals surface area contributed by atoms with E-state index in [2.05, 4.69) is 15.5 Å². The van der Waals surface area contributed by atoms with E-state index < -0.39 is 22.8 Å². The van der Waals surface area contributed by atoms with E-state index >= 15 is 0 Å². The number of rotatable bonds is 6. The second-order valence-electron chi connectivity index (χ2n) is 5.92. The third-order valence-electron chi connectivity index (χ3n) is 4.15. The number of carbonyl (C=O) groups is 2. The van der Waals surface area contributed by atoms with Crippen LogP contribution in [0.1, 0.15) is 28.5 Å². The number of ether oxygens (including phenoxy) is 1. The molecule has 0 radical (unpaired) electrons. The van der Waals surface area contributed by atoms with Crippen LogP contribution in [0.5, 0.6) is 0 Å². The largest absolute Gasteiger partial charge is 0.469 e. The van der Waals surface area contributed by atoms with Crippen LogP contribution in [0.2, 0.25) is 5.02 Å². The van der Waals surface area contributed by atoms with Gasteiger partial charge in [-0.1, -0.05) is 23.7 Å². The van der Waals surface area contributed by atoms with Gasteiger partial charge in [0, 0.05) is 22.5 Å².